The topological polar surface area (TPSA) is 21.3 Å². The van der Waals surface area contributed by atoms with Gasteiger partial charge in [0.1, 0.15) is 5.75 Å². The number of hydrogen-bond acceptors (Lipinski definition) is 2. The Kier molecular flexibility index (Phi) is 4.57. The van der Waals surface area contributed by atoms with Gasteiger partial charge in [-0.15, -0.1) is 13.2 Å². The minimum Gasteiger partial charge on any atom is -0.406 e. The average Bonchev–Trinajstić information content (AvgIpc) is 2.14. The fraction of sp³-hybridized carbons (Fsp3) is 0.333. The highest BCUT2D eigenvalue weighted by atomic mass is 19.4. The molecule has 1 aromatic rings. The summed E-state index contributed by atoms with van der Waals surface area (Å²) in [5.41, 5.74) is 1.70. The maximum Gasteiger partial charge on any atom is 0.573 e. The molecule has 1 rings (SSSR count). The standard InChI is InChI=1S/C12H14F3NO/c1-9(2)7-16-8-10-4-3-5-11(6-10)17-12(13,14)15/h3-6,16H,1,7-8H2,2H3. The molecule has 0 unspecified atom stereocenters. The molecule has 2 nitrogen and oxygen atoms in total. The zero-order valence-electron chi connectivity index (χ0n) is 9.47. The molecule has 0 aliphatic carbocycles. The van der Waals surface area contributed by atoms with Crippen LogP contribution in [-0.4, -0.2) is 12.9 Å². The van der Waals surface area contributed by atoms with Gasteiger partial charge < -0.3 is 10.1 Å². The van der Waals surface area contributed by atoms with Gasteiger partial charge in [0, 0.05) is 13.1 Å². The number of nitrogens with one attached hydrogen (secondary N) is 1. The second kappa shape index (κ2) is 5.72. The van der Waals surface area contributed by atoms with Gasteiger partial charge in [0.05, 0.1) is 0 Å². The van der Waals surface area contributed by atoms with Gasteiger partial charge in [-0.25, -0.2) is 0 Å². The smallest absolute Gasteiger partial charge is 0.406 e. The highest BCUT2D eigenvalue weighted by Crippen LogP contribution is 2.23. The first-order valence-corrected chi connectivity index (χ1v) is 5.06. The Labute approximate surface area is 98.1 Å². The van der Waals surface area contributed by atoms with E-state index in [0.717, 1.165) is 11.1 Å². The van der Waals surface area contributed by atoms with E-state index in [1.165, 1.54) is 18.2 Å². The van der Waals surface area contributed by atoms with Crippen molar-refractivity contribution in [1.29, 1.82) is 0 Å². The van der Waals surface area contributed by atoms with Crippen LogP contribution in [0.1, 0.15) is 12.5 Å². The van der Waals surface area contributed by atoms with Crippen LogP contribution in [0.5, 0.6) is 5.75 Å². The number of halogens is 3. The first kappa shape index (κ1) is 13.6. The van der Waals surface area contributed by atoms with Crippen LogP contribution >= 0.6 is 0 Å². The van der Waals surface area contributed by atoms with Crippen LogP contribution in [-0.2, 0) is 6.54 Å². The Bertz CT molecular complexity index is 388. The van der Waals surface area contributed by atoms with E-state index in [4.69, 9.17) is 0 Å². The summed E-state index contributed by atoms with van der Waals surface area (Å²) >= 11 is 0. The first-order chi connectivity index (χ1) is 7.87. The van der Waals surface area contributed by atoms with E-state index in [1.807, 2.05) is 6.92 Å². The van der Waals surface area contributed by atoms with E-state index in [-0.39, 0.29) is 5.75 Å². The maximum atomic E-state index is 12.0. The predicted molar refractivity (Wildman–Crippen MR) is 59.6 cm³/mol. The summed E-state index contributed by atoms with van der Waals surface area (Å²) in [7, 11) is 0. The molecule has 17 heavy (non-hydrogen) atoms. The number of hydrogen-bond donors (Lipinski definition) is 1. The molecule has 1 N–H and O–H groups in total. The van der Waals surface area contributed by atoms with Crippen LogP contribution in [0.4, 0.5) is 13.2 Å². The molecule has 0 aliphatic rings. The van der Waals surface area contributed by atoms with Gasteiger partial charge in [0.25, 0.3) is 0 Å². The van der Waals surface area contributed by atoms with Gasteiger partial charge >= 0.3 is 6.36 Å². The Hall–Kier alpha value is -1.49. The molecule has 0 saturated heterocycles. The zero-order chi connectivity index (χ0) is 12.9. The minimum absolute atomic E-state index is 0.202. The molecule has 0 aliphatic heterocycles. The van der Waals surface area contributed by atoms with Gasteiger partial charge in [0.15, 0.2) is 0 Å². The Morgan fingerprint density at radius 3 is 2.71 bits per heavy atom. The Morgan fingerprint density at radius 2 is 2.12 bits per heavy atom. The average molecular weight is 245 g/mol. The molecule has 5 heteroatoms. The van der Waals surface area contributed by atoms with Gasteiger partial charge in [0.2, 0.25) is 0 Å². The van der Waals surface area contributed by atoms with Crippen molar-refractivity contribution in [3.63, 3.8) is 0 Å². The SMILES string of the molecule is C=C(C)CNCc1cccc(OC(F)(F)F)c1. The minimum atomic E-state index is -4.65. The summed E-state index contributed by atoms with van der Waals surface area (Å²) in [6.07, 6.45) is -4.65. The molecule has 0 atom stereocenters. The van der Waals surface area contributed by atoms with Crippen molar-refractivity contribution in [2.24, 2.45) is 0 Å². The largest absolute Gasteiger partial charge is 0.573 e. The summed E-state index contributed by atoms with van der Waals surface area (Å²) in [6.45, 7) is 6.69. The van der Waals surface area contributed by atoms with E-state index in [1.54, 1.807) is 6.07 Å². The van der Waals surface area contributed by atoms with E-state index in [9.17, 15) is 13.2 Å². The van der Waals surface area contributed by atoms with Crippen LogP contribution in [0.2, 0.25) is 0 Å². The lowest BCUT2D eigenvalue weighted by molar-refractivity contribution is -0.274. The fourth-order valence-corrected chi connectivity index (χ4v) is 1.27. The Morgan fingerprint density at radius 1 is 1.41 bits per heavy atom. The summed E-state index contributed by atoms with van der Waals surface area (Å²) < 4.78 is 39.8. The first-order valence-electron chi connectivity index (χ1n) is 5.06. The molecule has 0 amide bonds. The summed E-state index contributed by atoms with van der Waals surface area (Å²) in [5, 5.41) is 3.05. The van der Waals surface area contributed by atoms with Crippen molar-refractivity contribution in [2.75, 3.05) is 6.54 Å². The molecular weight excluding hydrogens is 231 g/mol. The van der Waals surface area contributed by atoms with Crippen molar-refractivity contribution in [3.8, 4) is 5.75 Å². The third kappa shape index (κ3) is 5.97. The molecule has 1 aromatic carbocycles. The highest BCUT2D eigenvalue weighted by Gasteiger charge is 2.30. The van der Waals surface area contributed by atoms with Crippen molar-refractivity contribution >= 4 is 0 Å². The van der Waals surface area contributed by atoms with Crippen molar-refractivity contribution in [3.05, 3.63) is 42.0 Å². The number of benzene rings is 1. The van der Waals surface area contributed by atoms with Crippen LogP contribution in [0.15, 0.2) is 36.4 Å². The van der Waals surface area contributed by atoms with Crippen molar-refractivity contribution in [1.82, 2.24) is 5.32 Å². The van der Waals surface area contributed by atoms with Crippen LogP contribution < -0.4 is 10.1 Å². The molecule has 0 heterocycles. The predicted octanol–water partition coefficient (Wildman–Crippen LogP) is 3.25. The maximum absolute atomic E-state index is 12.0. The molecule has 0 fully saturated rings. The third-order valence-corrected chi connectivity index (χ3v) is 1.89. The summed E-state index contributed by atoms with van der Waals surface area (Å²) in [4.78, 5) is 0. The second-order valence-corrected chi connectivity index (χ2v) is 3.76. The van der Waals surface area contributed by atoms with Crippen LogP contribution in [0, 0.1) is 0 Å². The molecule has 94 valence electrons. The lowest BCUT2D eigenvalue weighted by Gasteiger charge is -2.10. The van der Waals surface area contributed by atoms with Gasteiger partial charge in [-0.2, -0.15) is 0 Å². The molecule has 0 radical (unpaired) electrons. The quantitative estimate of drug-likeness (QED) is 0.804. The van der Waals surface area contributed by atoms with Crippen LogP contribution in [0.3, 0.4) is 0 Å². The Balaban J connectivity index is 2.57. The molecular formula is C12H14F3NO. The summed E-state index contributed by atoms with van der Waals surface area (Å²) in [6, 6.07) is 5.89. The monoisotopic (exact) mass is 245 g/mol. The molecule has 0 spiro atoms. The van der Waals surface area contributed by atoms with Gasteiger partial charge in [-0.1, -0.05) is 24.3 Å². The van der Waals surface area contributed by atoms with E-state index >= 15 is 0 Å². The molecule has 0 aromatic heterocycles. The normalized spacial score (nSPS) is 11.3. The second-order valence-electron chi connectivity index (χ2n) is 3.76. The number of alkyl halides is 3. The van der Waals surface area contributed by atoms with Crippen LogP contribution in [0.25, 0.3) is 0 Å². The summed E-state index contributed by atoms with van der Waals surface area (Å²) in [5.74, 6) is -0.202. The molecule has 0 saturated carbocycles. The lowest BCUT2D eigenvalue weighted by atomic mass is 10.2. The van der Waals surface area contributed by atoms with Gasteiger partial charge in [-0.05, 0) is 24.6 Å². The third-order valence-electron chi connectivity index (χ3n) is 1.89. The van der Waals surface area contributed by atoms with E-state index in [0.29, 0.717) is 13.1 Å². The van der Waals surface area contributed by atoms with Gasteiger partial charge in [-0.3, -0.25) is 0 Å². The number of rotatable bonds is 5. The zero-order valence-corrected chi connectivity index (χ0v) is 9.47. The van der Waals surface area contributed by atoms with Crippen molar-refractivity contribution in [2.45, 2.75) is 19.8 Å². The molecule has 0 bridgehead atoms. The fourth-order valence-electron chi connectivity index (χ4n) is 1.27. The van der Waals surface area contributed by atoms with Crippen molar-refractivity contribution < 1.29 is 17.9 Å². The lowest BCUT2D eigenvalue weighted by Crippen LogP contribution is -2.18. The van der Waals surface area contributed by atoms with E-state index < -0.39 is 6.36 Å². The highest BCUT2D eigenvalue weighted by molar-refractivity contribution is 5.28. The van der Waals surface area contributed by atoms with E-state index in [2.05, 4.69) is 16.6 Å². The number of ether oxygens (including phenoxy) is 1.